The number of aromatic nitrogens is 2. The molecule has 23 heavy (non-hydrogen) atoms. The lowest BCUT2D eigenvalue weighted by Crippen LogP contribution is -1.96. The monoisotopic (exact) mass is 323 g/mol. The quantitative estimate of drug-likeness (QED) is 0.647. The lowest BCUT2D eigenvalue weighted by Gasteiger charge is -2.03. The van der Waals surface area contributed by atoms with Crippen LogP contribution in [-0.4, -0.2) is 23.0 Å². The first kappa shape index (κ1) is 15.4. The number of methoxy groups -OCH3 is 1. The molecule has 5 heteroatoms. The number of rotatable bonds is 5. The van der Waals surface area contributed by atoms with Crippen LogP contribution in [0, 0.1) is 0 Å². The van der Waals surface area contributed by atoms with E-state index in [1.807, 2.05) is 49.4 Å². The molecule has 0 radical (unpaired) electrons. The summed E-state index contributed by atoms with van der Waals surface area (Å²) < 4.78 is 5.37. The number of benzene rings is 2. The van der Waals surface area contributed by atoms with E-state index in [-0.39, 0.29) is 0 Å². The topological polar surface area (TPSA) is 47.4 Å². The van der Waals surface area contributed by atoms with Crippen LogP contribution in [0.25, 0.3) is 10.6 Å². The van der Waals surface area contributed by atoms with Crippen molar-refractivity contribution >= 4 is 22.2 Å². The van der Waals surface area contributed by atoms with Gasteiger partial charge in [-0.05, 0) is 24.6 Å². The SMILES string of the molecule is COc1ccccc1-c1nnc(/N=C(\C)Cc2ccccc2)s1. The van der Waals surface area contributed by atoms with Crippen LogP contribution >= 0.6 is 11.3 Å². The fourth-order valence-electron chi connectivity index (χ4n) is 2.28. The van der Waals surface area contributed by atoms with Crippen LogP contribution in [0.4, 0.5) is 5.13 Å². The molecular weight excluding hydrogens is 306 g/mol. The van der Waals surface area contributed by atoms with Crippen LogP contribution in [0.2, 0.25) is 0 Å². The van der Waals surface area contributed by atoms with Gasteiger partial charge in [-0.25, -0.2) is 4.99 Å². The zero-order valence-electron chi connectivity index (χ0n) is 13.1. The average molecular weight is 323 g/mol. The summed E-state index contributed by atoms with van der Waals surface area (Å²) in [6.07, 6.45) is 0.810. The molecule has 0 bridgehead atoms. The summed E-state index contributed by atoms with van der Waals surface area (Å²) in [7, 11) is 1.66. The normalized spacial score (nSPS) is 11.5. The highest BCUT2D eigenvalue weighted by Crippen LogP contribution is 2.34. The Kier molecular flexibility index (Phi) is 4.78. The third-order valence-corrected chi connectivity index (χ3v) is 4.19. The maximum Gasteiger partial charge on any atom is 0.231 e. The predicted molar refractivity (Wildman–Crippen MR) is 94.8 cm³/mol. The summed E-state index contributed by atoms with van der Waals surface area (Å²) >= 11 is 1.46. The van der Waals surface area contributed by atoms with Gasteiger partial charge in [0.25, 0.3) is 0 Å². The van der Waals surface area contributed by atoms with E-state index in [0.29, 0.717) is 5.13 Å². The molecule has 0 N–H and O–H groups in total. The Morgan fingerprint density at radius 1 is 1.04 bits per heavy atom. The molecule has 0 spiro atoms. The molecule has 0 unspecified atom stereocenters. The van der Waals surface area contributed by atoms with Crippen molar-refractivity contribution in [3.63, 3.8) is 0 Å². The van der Waals surface area contributed by atoms with Crippen LogP contribution in [-0.2, 0) is 6.42 Å². The molecule has 0 saturated carbocycles. The average Bonchev–Trinajstić information content (AvgIpc) is 3.03. The Morgan fingerprint density at radius 3 is 2.57 bits per heavy atom. The summed E-state index contributed by atoms with van der Waals surface area (Å²) in [6, 6.07) is 18.1. The van der Waals surface area contributed by atoms with E-state index in [0.717, 1.165) is 28.5 Å². The minimum Gasteiger partial charge on any atom is -0.496 e. The standard InChI is InChI=1S/C18H17N3OS/c1-13(12-14-8-4-3-5-9-14)19-18-21-20-17(23-18)15-10-6-7-11-16(15)22-2/h3-11H,12H2,1-2H3/b19-13+. The second kappa shape index (κ2) is 7.15. The molecule has 0 aliphatic heterocycles. The number of nitrogens with zero attached hydrogens (tertiary/aromatic N) is 3. The van der Waals surface area contributed by atoms with Crippen LogP contribution in [0.1, 0.15) is 12.5 Å². The molecule has 4 nitrogen and oxygen atoms in total. The van der Waals surface area contributed by atoms with E-state index < -0.39 is 0 Å². The van der Waals surface area contributed by atoms with Crippen LogP contribution in [0.3, 0.4) is 0 Å². The zero-order valence-corrected chi connectivity index (χ0v) is 13.9. The maximum absolute atomic E-state index is 5.37. The Hall–Kier alpha value is -2.53. The minimum atomic E-state index is 0.666. The van der Waals surface area contributed by atoms with Crippen molar-refractivity contribution in [2.24, 2.45) is 4.99 Å². The fraction of sp³-hybridized carbons (Fsp3) is 0.167. The van der Waals surface area contributed by atoms with Crippen LogP contribution < -0.4 is 4.74 Å². The number of hydrogen-bond donors (Lipinski definition) is 0. The summed E-state index contributed by atoms with van der Waals surface area (Å²) in [6.45, 7) is 2.01. The van der Waals surface area contributed by atoms with Gasteiger partial charge < -0.3 is 4.74 Å². The molecule has 3 aromatic rings. The minimum absolute atomic E-state index is 0.666. The van der Waals surface area contributed by atoms with Crippen LogP contribution in [0.15, 0.2) is 59.6 Å². The van der Waals surface area contributed by atoms with Gasteiger partial charge in [-0.3, -0.25) is 0 Å². The highest BCUT2D eigenvalue weighted by atomic mass is 32.1. The molecule has 3 rings (SSSR count). The van der Waals surface area contributed by atoms with Gasteiger partial charge in [-0.15, -0.1) is 10.2 Å². The first-order valence-corrected chi connectivity index (χ1v) is 8.13. The van der Waals surface area contributed by atoms with Gasteiger partial charge in [0.2, 0.25) is 5.13 Å². The van der Waals surface area contributed by atoms with Gasteiger partial charge in [0.1, 0.15) is 5.75 Å². The summed E-state index contributed by atoms with van der Waals surface area (Å²) in [5.74, 6) is 0.792. The highest BCUT2D eigenvalue weighted by molar-refractivity contribution is 7.18. The zero-order chi connectivity index (χ0) is 16.1. The molecular formula is C18H17N3OS. The van der Waals surface area contributed by atoms with Gasteiger partial charge in [0.05, 0.1) is 12.7 Å². The molecule has 0 fully saturated rings. The Bertz CT molecular complexity index is 812. The molecule has 1 aromatic heterocycles. The molecule has 0 aliphatic carbocycles. The van der Waals surface area contributed by atoms with Crippen molar-refractivity contribution in [3.05, 3.63) is 60.2 Å². The first-order chi connectivity index (χ1) is 11.3. The number of ether oxygens (including phenoxy) is 1. The second-order valence-corrected chi connectivity index (χ2v) is 6.06. The van der Waals surface area contributed by atoms with E-state index in [1.165, 1.54) is 16.9 Å². The highest BCUT2D eigenvalue weighted by Gasteiger charge is 2.11. The number of aliphatic imine (C=N–C) groups is 1. The molecule has 116 valence electrons. The first-order valence-electron chi connectivity index (χ1n) is 7.31. The molecule has 0 atom stereocenters. The van der Waals surface area contributed by atoms with Crippen molar-refractivity contribution in [2.45, 2.75) is 13.3 Å². The summed E-state index contributed by atoms with van der Waals surface area (Å²) in [5, 5.41) is 9.89. The maximum atomic E-state index is 5.37. The number of para-hydroxylation sites is 1. The third kappa shape index (κ3) is 3.81. The summed E-state index contributed by atoms with van der Waals surface area (Å²) in [5.41, 5.74) is 3.19. The van der Waals surface area contributed by atoms with Gasteiger partial charge >= 0.3 is 0 Å². The molecule has 0 saturated heterocycles. The lowest BCUT2D eigenvalue weighted by molar-refractivity contribution is 0.416. The van der Waals surface area contributed by atoms with E-state index in [9.17, 15) is 0 Å². The fourth-order valence-corrected chi connectivity index (χ4v) is 3.10. The van der Waals surface area contributed by atoms with Crippen molar-refractivity contribution in [2.75, 3.05) is 7.11 Å². The van der Waals surface area contributed by atoms with Crippen LogP contribution in [0.5, 0.6) is 5.75 Å². The molecule has 2 aromatic carbocycles. The lowest BCUT2D eigenvalue weighted by atomic mass is 10.1. The molecule has 0 aliphatic rings. The van der Waals surface area contributed by atoms with Gasteiger partial charge in [-0.2, -0.15) is 0 Å². The molecule has 0 amide bonds. The molecule has 1 heterocycles. The Morgan fingerprint density at radius 2 is 1.78 bits per heavy atom. The second-order valence-electron chi connectivity index (χ2n) is 5.10. The van der Waals surface area contributed by atoms with Gasteiger partial charge in [0.15, 0.2) is 5.01 Å². The van der Waals surface area contributed by atoms with E-state index in [1.54, 1.807) is 7.11 Å². The van der Waals surface area contributed by atoms with E-state index >= 15 is 0 Å². The number of hydrogen-bond acceptors (Lipinski definition) is 5. The smallest absolute Gasteiger partial charge is 0.231 e. The van der Waals surface area contributed by atoms with Gasteiger partial charge in [0, 0.05) is 12.1 Å². The predicted octanol–water partition coefficient (Wildman–Crippen LogP) is 4.55. The van der Waals surface area contributed by atoms with Crippen molar-refractivity contribution < 1.29 is 4.74 Å². The Balaban J connectivity index is 1.80. The summed E-state index contributed by atoms with van der Waals surface area (Å²) in [4.78, 5) is 4.58. The van der Waals surface area contributed by atoms with Gasteiger partial charge in [-0.1, -0.05) is 53.8 Å². The van der Waals surface area contributed by atoms with Crippen molar-refractivity contribution in [1.29, 1.82) is 0 Å². The largest absolute Gasteiger partial charge is 0.496 e. The van der Waals surface area contributed by atoms with E-state index in [4.69, 9.17) is 4.74 Å². The van der Waals surface area contributed by atoms with Crippen molar-refractivity contribution in [3.8, 4) is 16.3 Å². The Labute approximate surface area is 139 Å². The van der Waals surface area contributed by atoms with Crippen molar-refractivity contribution in [1.82, 2.24) is 10.2 Å². The van der Waals surface area contributed by atoms with E-state index in [2.05, 4.69) is 27.3 Å². The third-order valence-electron chi connectivity index (χ3n) is 3.34.